The van der Waals surface area contributed by atoms with Gasteiger partial charge in [-0.1, -0.05) is 27.2 Å². The van der Waals surface area contributed by atoms with Gasteiger partial charge in [-0.3, -0.25) is 0 Å². The van der Waals surface area contributed by atoms with Crippen LogP contribution in [0.1, 0.15) is 72.7 Å². The molecule has 19 heavy (non-hydrogen) atoms. The van der Waals surface area contributed by atoms with Crippen molar-refractivity contribution in [3.8, 4) is 0 Å². The molecule has 3 nitrogen and oxygen atoms in total. The summed E-state index contributed by atoms with van der Waals surface area (Å²) < 4.78 is 0. The minimum atomic E-state index is -0.822. The fourth-order valence-corrected chi connectivity index (χ4v) is 5.02. The van der Waals surface area contributed by atoms with Gasteiger partial charge in [-0.05, 0) is 31.1 Å². The number of carboxylic acid groups (broad SMARTS) is 1. The molecule has 1 heterocycles. The molecule has 2 saturated carbocycles. The second-order valence-corrected chi connectivity index (χ2v) is 8.10. The Balaban J connectivity index is 1.97. The van der Waals surface area contributed by atoms with Crippen LogP contribution in [-0.4, -0.2) is 16.1 Å². The van der Waals surface area contributed by atoms with Crippen molar-refractivity contribution < 1.29 is 9.90 Å². The first kappa shape index (κ1) is 13.1. The topological polar surface area (TPSA) is 50.2 Å². The molecule has 1 N–H and O–H groups in total. The van der Waals surface area contributed by atoms with E-state index in [2.05, 4.69) is 0 Å². The maximum absolute atomic E-state index is 11.4. The number of thiazole rings is 1. The van der Waals surface area contributed by atoms with Gasteiger partial charge in [-0.25, -0.2) is 9.78 Å². The largest absolute Gasteiger partial charge is 0.477 e. The van der Waals surface area contributed by atoms with Crippen molar-refractivity contribution in [1.29, 1.82) is 0 Å². The lowest BCUT2D eigenvalue weighted by Crippen LogP contribution is -2.16. The van der Waals surface area contributed by atoms with Gasteiger partial charge >= 0.3 is 5.97 Å². The highest BCUT2D eigenvalue weighted by Gasteiger charge is 2.42. The molecule has 3 atom stereocenters. The molecule has 0 aliphatic heterocycles. The van der Waals surface area contributed by atoms with E-state index >= 15 is 0 Å². The van der Waals surface area contributed by atoms with Crippen LogP contribution >= 0.6 is 11.3 Å². The monoisotopic (exact) mass is 279 g/mol. The Morgan fingerprint density at radius 3 is 2.47 bits per heavy atom. The van der Waals surface area contributed by atoms with Gasteiger partial charge in [0.1, 0.15) is 4.88 Å². The fraction of sp³-hybridized carbons (Fsp3) is 0.733. The number of carboxylic acids is 1. The highest BCUT2D eigenvalue weighted by Crippen LogP contribution is 2.54. The van der Waals surface area contributed by atoms with Crippen molar-refractivity contribution in [2.24, 2.45) is 11.8 Å². The van der Waals surface area contributed by atoms with Crippen molar-refractivity contribution in [3.63, 3.8) is 0 Å². The van der Waals surface area contributed by atoms with Gasteiger partial charge in [0.25, 0.3) is 0 Å². The average molecular weight is 279 g/mol. The zero-order valence-electron chi connectivity index (χ0n) is 11.8. The zero-order chi connectivity index (χ0) is 13.8. The molecule has 0 aromatic carbocycles. The first-order valence-corrected chi connectivity index (χ1v) is 7.92. The van der Waals surface area contributed by atoms with E-state index in [9.17, 15) is 9.90 Å². The SMILES string of the molecule is CC(C)(C)c1nc(C2CC3CCC2C3)sc1C(=O)O. The van der Waals surface area contributed by atoms with E-state index in [1.54, 1.807) is 0 Å². The highest BCUT2D eigenvalue weighted by molar-refractivity contribution is 7.13. The molecule has 2 fully saturated rings. The van der Waals surface area contributed by atoms with Crippen molar-refractivity contribution in [2.45, 2.75) is 57.8 Å². The molecular formula is C15H21NO2S. The normalized spacial score (nSPS) is 29.9. The van der Waals surface area contributed by atoms with Crippen LogP contribution < -0.4 is 0 Å². The van der Waals surface area contributed by atoms with Gasteiger partial charge in [-0.2, -0.15) is 0 Å². The molecule has 0 spiro atoms. The number of hydrogen-bond donors (Lipinski definition) is 1. The number of fused-ring (bicyclic) bond motifs is 2. The second kappa shape index (κ2) is 4.30. The van der Waals surface area contributed by atoms with E-state index in [0.717, 1.165) is 22.5 Å². The van der Waals surface area contributed by atoms with Gasteiger partial charge in [0, 0.05) is 11.3 Å². The lowest BCUT2D eigenvalue weighted by molar-refractivity contribution is 0.0699. The predicted octanol–water partition coefficient (Wildman–Crippen LogP) is 4.04. The number of rotatable bonds is 2. The summed E-state index contributed by atoms with van der Waals surface area (Å²) in [6.07, 6.45) is 5.23. The maximum Gasteiger partial charge on any atom is 0.347 e. The Morgan fingerprint density at radius 1 is 1.32 bits per heavy atom. The maximum atomic E-state index is 11.4. The third-order valence-electron chi connectivity index (χ3n) is 4.60. The van der Waals surface area contributed by atoms with Crippen LogP contribution in [0.2, 0.25) is 0 Å². The third-order valence-corrected chi connectivity index (χ3v) is 5.78. The number of aromatic nitrogens is 1. The van der Waals surface area contributed by atoms with Gasteiger partial charge in [0.2, 0.25) is 0 Å². The Labute approximate surface area is 118 Å². The first-order valence-electron chi connectivity index (χ1n) is 7.10. The molecule has 0 amide bonds. The molecule has 1 aromatic rings. The third kappa shape index (κ3) is 2.20. The molecule has 2 aliphatic rings. The first-order chi connectivity index (χ1) is 8.86. The summed E-state index contributed by atoms with van der Waals surface area (Å²) in [4.78, 5) is 16.6. The molecule has 4 heteroatoms. The summed E-state index contributed by atoms with van der Waals surface area (Å²) in [5.74, 6) is 1.32. The number of aromatic carboxylic acids is 1. The number of carbonyl (C=O) groups is 1. The molecule has 0 radical (unpaired) electrons. The molecule has 3 rings (SSSR count). The van der Waals surface area contributed by atoms with Crippen molar-refractivity contribution in [2.75, 3.05) is 0 Å². The smallest absolute Gasteiger partial charge is 0.347 e. The summed E-state index contributed by atoms with van der Waals surface area (Å²) in [7, 11) is 0. The second-order valence-electron chi connectivity index (χ2n) is 7.07. The summed E-state index contributed by atoms with van der Waals surface area (Å²) in [5, 5.41) is 10.5. The Kier molecular flexibility index (Phi) is 2.97. The summed E-state index contributed by atoms with van der Waals surface area (Å²) in [6, 6.07) is 0. The van der Waals surface area contributed by atoms with Crippen molar-refractivity contribution in [3.05, 3.63) is 15.6 Å². The lowest BCUT2D eigenvalue weighted by Gasteiger charge is -2.19. The average Bonchev–Trinajstić information content (AvgIpc) is 3.01. The van der Waals surface area contributed by atoms with Gasteiger partial charge in [0.15, 0.2) is 0 Å². The van der Waals surface area contributed by atoms with E-state index in [1.165, 1.54) is 37.0 Å². The van der Waals surface area contributed by atoms with Crippen molar-refractivity contribution >= 4 is 17.3 Å². The molecule has 2 aliphatic carbocycles. The van der Waals surface area contributed by atoms with E-state index in [1.807, 2.05) is 20.8 Å². The molecule has 1 aromatic heterocycles. The number of hydrogen-bond acceptors (Lipinski definition) is 3. The van der Waals surface area contributed by atoms with Crippen LogP contribution in [0.5, 0.6) is 0 Å². The van der Waals surface area contributed by atoms with E-state index in [-0.39, 0.29) is 5.41 Å². The molecule has 0 saturated heterocycles. The molecule has 3 unspecified atom stereocenters. The van der Waals surface area contributed by atoms with Crippen molar-refractivity contribution in [1.82, 2.24) is 4.98 Å². The van der Waals surface area contributed by atoms with Crippen LogP contribution in [0.15, 0.2) is 0 Å². The molecular weight excluding hydrogens is 258 g/mol. The fourth-order valence-electron chi connectivity index (χ4n) is 3.70. The van der Waals surface area contributed by atoms with Crippen LogP contribution in [0, 0.1) is 11.8 Å². The van der Waals surface area contributed by atoms with Crippen LogP contribution in [0.4, 0.5) is 0 Å². The lowest BCUT2D eigenvalue weighted by atomic mass is 9.88. The van der Waals surface area contributed by atoms with Crippen LogP contribution in [0.25, 0.3) is 0 Å². The molecule has 2 bridgehead atoms. The summed E-state index contributed by atoms with van der Waals surface area (Å²) >= 11 is 1.42. The quantitative estimate of drug-likeness (QED) is 0.888. The Bertz CT molecular complexity index is 515. The van der Waals surface area contributed by atoms with Gasteiger partial charge < -0.3 is 5.11 Å². The number of nitrogens with zero attached hydrogens (tertiary/aromatic N) is 1. The zero-order valence-corrected chi connectivity index (χ0v) is 12.6. The van der Waals surface area contributed by atoms with E-state index in [0.29, 0.717) is 10.8 Å². The minimum absolute atomic E-state index is 0.194. The molecule has 104 valence electrons. The Morgan fingerprint density at radius 2 is 2.05 bits per heavy atom. The Hall–Kier alpha value is -0.900. The van der Waals surface area contributed by atoms with Gasteiger partial charge in [0.05, 0.1) is 10.7 Å². The van der Waals surface area contributed by atoms with Gasteiger partial charge in [-0.15, -0.1) is 11.3 Å². The van der Waals surface area contributed by atoms with E-state index in [4.69, 9.17) is 4.98 Å². The predicted molar refractivity (Wildman–Crippen MR) is 76.0 cm³/mol. The standard InChI is InChI=1S/C15H21NO2S/c1-15(2,3)12-11(14(17)18)19-13(16-12)10-7-8-4-5-9(10)6-8/h8-10H,4-7H2,1-3H3,(H,17,18). The van der Waals surface area contributed by atoms with E-state index < -0.39 is 5.97 Å². The highest BCUT2D eigenvalue weighted by atomic mass is 32.1. The van der Waals surface area contributed by atoms with Crippen LogP contribution in [0.3, 0.4) is 0 Å². The minimum Gasteiger partial charge on any atom is -0.477 e. The summed E-state index contributed by atoms with van der Waals surface area (Å²) in [5.41, 5.74) is 0.572. The summed E-state index contributed by atoms with van der Waals surface area (Å²) in [6.45, 7) is 6.12. The van der Waals surface area contributed by atoms with Crippen LogP contribution in [-0.2, 0) is 5.41 Å².